The highest BCUT2D eigenvalue weighted by Crippen LogP contribution is 2.34. The molecule has 4 unspecified atom stereocenters. The third-order valence-corrected chi connectivity index (χ3v) is 3.42. The Morgan fingerprint density at radius 3 is 1.56 bits per heavy atom. The maximum Gasteiger partial charge on any atom is 0.166 e. The molecular weight excluding hydrogens is 240 g/mol. The van der Waals surface area contributed by atoms with Crippen molar-refractivity contribution < 1.29 is 29.2 Å². The van der Waals surface area contributed by atoms with Gasteiger partial charge in [0, 0.05) is 12.8 Å². The Morgan fingerprint density at radius 2 is 1.28 bits per heavy atom. The van der Waals surface area contributed by atoms with E-state index in [1.54, 1.807) is 0 Å². The van der Waals surface area contributed by atoms with E-state index in [0.29, 0.717) is 26.1 Å². The van der Waals surface area contributed by atoms with Crippen molar-refractivity contribution >= 4 is 0 Å². The Bertz CT molecular complexity index is 258. The fourth-order valence-corrected chi connectivity index (χ4v) is 2.28. The average molecular weight is 262 g/mol. The molecule has 0 aromatic rings. The Morgan fingerprint density at radius 1 is 0.889 bits per heavy atom. The van der Waals surface area contributed by atoms with E-state index in [0.717, 1.165) is 0 Å². The first-order valence-electron chi connectivity index (χ1n) is 6.34. The van der Waals surface area contributed by atoms with Gasteiger partial charge in [-0.15, -0.1) is 0 Å². The minimum atomic E-state index is -0.694. The van der Waals surface area contributed by atoms with Crippen LogP contribution >= 0.6 is 0 Å². The Hall–Kier alpha value is -0.240. The third-order valence-electron chi connectivity index (χ3n) is 3.42. The molecule has 0 aliphatic carbocycles. The highest BCUT2D eigenvalue weighted by Gasteiger charge is 2.42. The van der Waals surface area contributed by atoms with Gasteiger partial charge in [0.2, 0.25) is 0 Å². The summed E-state index contributed by atoms with van der Waals surface area (Å²) in [6.07, 6.45) is 0.716. The zero-order valence-corrected chi connectivity index (χ0v) is 10.9. The predicted molar refractivity (Wildman–Crippen MR) is 61.9 cm³/mol. The number of rotatable bonds is 5. The summed E-state index contributed by atoms with van der Waals surface area (Å²) < 4.78 is 22.4. The van der Waals surface area contributed by atoms with E-state index in [1.807, 2.05) is 13.8 Å². The molecule has 0 aromatic heterocycles. The minimum absolute atomic E-state index is 0.0353. The lowest BCUT2D eigenvalue weighted by Gasteiger charge is -2.29. The van der Waals surface area contributed by atoms with Gasteiger partial charge in [-0.2, -0.15) is 0 Å². The molecule has 2 fully saturated rings. The van der Waals surface area contributed by atoms with E-state index in [-0.39, 0.29) is 25.4 Å². The predicted octanol–water partition coefficient (Wildman–Crippen LogP) is 0.0144. The van der Waals surface area contributed by atoms with E-state index in [1.165, 1.54) is 0 Å². The fraction of sp³-hybridized carbons (Fsp3) is 1.00. The van der Waals surface area contributed by atoms with Crippen molar-refractivity contribution in [2.75, 3.05) is 26.4 Å². The van der Waals surface area contributed by atoms with Crippen molar-refractivity contribution in [3.8, 4) is 0 Å². The van der Waals surface area contributed by atoms with Crippen LogP contribution in [0.3, 0.4) is 0 Å². The molecule has 0 bridgehead atoms. The van der Waals surface area contributed by atoms with Crippen LogP contribution < -0.4 is 0 Å². The first kappa shape index (κ1) is 14.2. The maximum atomic E-state index is 9.01. The first-order valence-corrected chi connectivity index (χ1v) is 6.34. The molecule has 2 aliphatic heterocycles. The molecule has 2 saturated heterocycles. The maximum absolute atomic E-state index is 9.01. The molecule has 4 atom stereocenters. The zero-order valence-electron chi connectivity index (χ0n) is 10.9. The highest BCUT2D eigenvalue weighted by molar-refractivity contribution is 4.80. The van der Waals surface area contributed by atoms with Crippen molar-refractivity contribution in [2.45, 2.75) is 50.5 Å². The lowest BCUT2D eigenvalue weighted by atomic mass is 10.1. The molecule has 18 heavy (non-hydrogen) atoms. The molecule has 2 heterocycles. The molecule has 106 valence electrons. The molecular formula is C12H22O6. The standard InChI is InChI=1S/C12H22O6/c1-11(15-7-9(5-13)17-11)3-4-12(2)16-8-10(6-14)18-12/h9-10,13-14H,3-8H2,1-2H3. The van der Waals surface area contributed by atoms with E-state index >= 15 is 0 Å². The van der Waals surface area contributed by atoms with Gasteiger partial charge >= 0.3 is 0 Å². The van der Waals surface area contributed by atoms with E-state index in [2.05, 4.69) is 0 Å². The number of hydrogen-bond donors (Lipinski definition) is 2. The van der Waals surface area contributed by atoms with Gasteiger partial charge in [0.15, 0.2) is 11.6 Å². The number of ether oxygens (including phenoxy) is 4. The van der Waals surface area contributed by atoms with Crippen molar-refractivity contribution in [1.29, 1.82) is 0 Å². The summed E-state index contributed by atoms with van der Waals surface area (Å²) in [4.78, 5) is 0. The summed E-state index contributed by atoms with van der Waals surface area (Å²) in [5, 5.41) is 18.0. The van der Waals surface area contributed by atoms with Crippen LogP contribution in [-0.2, 0) is 18.9 Å². The second-order valence-corrected chi connectivity index (χ2v) is 5.23. The monoisotopic (exact) mass is 262 g/mol. The molecule has 0 aromatic carbocycles. The minimum Gasteiger partial charge on any atom is -0.394 e. The van der Waals surface area contributed by atoms with Crippen LogP contribution in [0.25, 0.3) is 0 Å². The Balaban J connectivity index is 1.81. The van der Waals surface area contributed by atoms with Gasteiger partial charge in [-0.3, -0.25) is 0 Å². The normalized spacial score (nSPS) is 44.7. The Labute approximate surface area is 107 Å². The van der Waals surface area contributed by atoms with Crippen molar-refractivity contribution in [2.24, 2.45) is 0 Å². The van der Waals surface area contributed by atoms with Crippen LogP contribution in [-0.4, -0.2) is 60.4 Å². The molecule has 2 N–H and O–H groups in total. The van der Waals surface area contributed by atoms with Gasteiger partial charge < -0.3 is 29.2 Å². The number of aliphatic hydroxyl groups is 2. The van der Waals surface area contributed by atoms with Crippen LogP contribution in [0.15, 0.2) is 0 Å². The van der Waals surface area contributed by atoms with E-state index in [9.17, 15) is 0 Å². The Kier molecular flexibility index (Phi) is 4.25. The largest absolute Gasteiger partial charge is 0.394 e. The van der Waals surface area contributed by atoms with Crippen molar-refractivity contribution in [3.05, 3.63) is 0 Å². The van der Waals surface area contributed by atoms with Gasteiger partial charge in [0.25, 0.3) is 0 Å². The molecule has 0 saturated carbocycles. The lowest BCUT2D eigenvalue weighted by molar-refractivity contribution is -0.202. The number of aliphatic hydroxyl groups excluding tert-OH is 2. The zero-order chi connectivity index (χ0) is 13.2. The van der Waals surface area contributed by atoms with Crippen LogP contribution in [0, 0.1) is 0 Å². The van der Waals surface area contributed by atoms with Crippen LogP contribution in [0.4, 0.5) is 0 Å². The second kappa shape index (κ2) is 5.40. The van der Waals surface area contributed by atoms with Crippen molar-refractivity contribution in [1.82, 2.24) is 0 Å². The molecule has 0 radical (unpaired) electrons. The summed E-state index contributed by atoms with van der Waals surface area (Å²) in [6.45, 7) is 4.45. The molecule has 2 aliphatic rings. The topological polar surface area (TPSA) is 77.4 Å². The van der Waals surface area contributed by atoms with Crippen LogP contribution in [0.2, 0.25) is 0 Å². The first-order chi connectivity index (χ1) is 8.49. The summed E-state index contributed by atoms with van der Waals surface area (Å²) >= 11 is 0. The fourth-order valence-electron chi connectivity index (χ4n) is 2.28. The second-order valence-electron chi connectivity index (χ2n) is 5.23. The molecule has 0 amide bonds. The quantitative estimate of drug-likeness (QED) is 0.727. The summed E-state index contributed by atoms with van der Waals surface area (Å²) in [6, 6.07) is 0. The molecule has 6 nitrogen and oxygen atoms in total. The average Bonchev–Trinajstić information content (AvgIpc) is 2.92. The summed E-state index contributed by atoms with van der Waals surface area (Å²) in [7, 11) is 0. The number of hydrogen-bond acceptors (Lipinski definition) is 6. The smallest absolute Gasteiger partial charge is 0.166 e. The van der Waals surface area contributed by atoms with E-state index < -0.39 is 11.6 Å². The highest BCUT2D eigenvalue weighted by atomic mass is 16.8. The van der Waals surface area contributed by atoms with E-state index in [4.69, 9.17) is 29.2 Å². The molecule has 6 heteroatoms. The SMILES string of the molecule is CC1(CCC2(C)OCC(CO)O2)OCC(CO)O1. The van der Waals surface area contributed by atoms with Gasteiger partial charge in [-0.25, -0.2) is 0 Å². The van der Waals surface area contributed by atoms with Gasteiger partial charge in [-0.05, 0) is 13.8 Å². The third kappa shape index (κ3) is 3.20. The van der Waals surface area contributed by atoms with Gasteiger partial charge in [0.1, 0.15) is 12.2 Å². The van der Waals surface area contributed by atoms with Crippen molar-refractivity contribution in [3.63, 3.8) is 0 Å². The summed E-state index contributed by atoms with van der Waals surface area (Å²) in [5.41, 5.74) is 0. The molecule has 0 spiro atoms. The van der Waals surface area contributed by atoms with Crippen LogP contribution in [0.5, 0.6) is 0 Å². The van der Waals surface area contributed by atoms with Crippen LogP contribution in [0.1, 0.15) is 26.7 Å². The summed E-state index contributed by atoms with van der Waals surface area (Å²) in [5.74, 6) is -1.39. The molecule has 2 rings (SSSR count). The van der Waals surface area contributed by atoms with Gasteiger partial charge in [-0.1, -0.05) is 0 Å². The lowest BCUT2D eigenvalue weighted by Crippen LogP contribution is -2.34. The van der Waals surface area contributed by atoms with Gasteiger partial charge in [0.05, 0.1) is 26.4 Å².